The summed E-state index contributed by atoms with van der Waals surface area (Å²) in [6, 6.07) is 0. The van der Waals surface area contributed by atoms with Crippen LogP contribution in [-0.2, 0) is 4.74 Å². The van der Waals surface area contributed by atoms with Gasteiger partial charge in [-0.15, -0.1) is 0 Å². The second-order valence-corrected chi connectivity index (χ2v) is 2.49. The molecule has 2 rings (SSSR count). The van der Waals surface area contributed by atoms with Gasteiger partial charge in [-0.1, -0.05) is 0 Å². The lowest BCUT2D eigenvalue weighted by Gasteiger charge is -1.98. The van der Waals surface area contributed by atoms with Gasteiger partial charge in [0.25, 0.3) is 0 Å². The van der Waals surface area contributed by atoms with Crippen molar-refractivity contribution in [3.05, 3.63) is 12.4 Å². The Bertz CT molecular complexity index is 297. The van der Waals surface area contributed by atoms with E-state index in [1.165, 1.54) is 11.7 Å². The van der Waals surface area contributed by atoms with Crippen LogP contribution in [0.1, 0.15) is 0 Å². The SMILES string of the molecule is COC(=O)n1cc2c(c1)NCN2. The van der Waals surface area contributed by atoms with Gasteiger partial charge in [0.05, 0.1) is 25.2 Å². The lowest BCUT2D eigenvalue weighted by molar-refractivity contribution is 0.173. The average Bonchev–Trinajstić information content (AvgIpc) is 2.60. The second kappa shape index (κ2) is 2.44. The van der Waals surface area contributed by atoms with Gasteiger partial charge in [-0.2, -0.15) is 0 Å². The van der Waals surface area contributed by atoms with Gasteiger partial charge in [-0.25, -0.2) is 4.79 Å². The largest absolute Gasteiger partial charge is 0.452 e. The van der Waals surface area contributed by atoms with Crippen LogP contribution in [0.2, 0.25) is 0 Å². The highest BCUT2D eigenvalue weighted by molar-refractivity contribution is 5.80. The van der Waals surface area contributed by atoms with Crippen molar-refractivity contribution in [3.63, 3.8) is 0 Å². The molecule has 1 aromatic heterocycles. The number of rotatable bonds is 0. The molecule has 0 saturated heterocycles. The molecule has 1 aliphatic heterocycles. The zero-order valence-electron chi connectivity index (χ0n) is 6.63. The Morgan fingerprint density at radius 3 is 2.58 bits per heavy atom. The Labute approximate surface area is 69.3 Å². The lowest BCUT2D eigenvalue weighted by Crippen LogP contribution is -2.10. The van der Waals surface area contributed by atoms with Crippen molar-refractivity contribution in [2.75, 3.05) is 24.4 Å². The summed E-state index contributed by atoms with van der Waals surface area (Å²) in [7, 11) is 1.36. The molecule has 0 saturated carbocycles. The van der Waals surface area contributed by atoms with Gasteiger partial charge >= 0.3 is 6.09 Å². The standard InChI is InChI=1S/C7H9N3O2/c1-12-7(11)10-2-5-6(3-10)9-4-8-5/h2-3,8-9H,4H2,1H3. The van der Waals surface area contributed by atoms with Crippen molar-refractivity contribution >= 4 is 17.5 Å². The molecule has 12 heavy (non-hydrogen) atoms. The van der Waals surface area contributed by atoms with E-state index in [0.29, 0.717) is 6.67 Å². The van der Waals surface area contributed by atoms with Gasteiger partial charge in [0.15, 0.2) is 0 Å². The monoisotopic (exact) mass is 167 g/mol. The zero-order valence-corrected chi connectivity index (χ0v) is 6.63. The Morgan fingerprint density at radius 1 is 1.50 bits per heavy atom. The number of fused-ring (bicyclic) bond motifs is 1. The van der Waals surface area contributed by atoms with Crippen LogP contribution in [0.5, 0.6) is 0 Å². The predicted octanol–water partition coefficient (Wildman–Crippen LogP) is 0.897. The number of nitrogens with one attached hydrogen (secondary N) is 2. The molecule has 64 valence electrons. The van der Waals surface area contributed by atoms with E-state index >= 15 is 0 Å². The number of carbonyl (C=O) groups excluding carboxylic acids is 1. The highest BCUT2D eigenvalue weighted by Gasteiger charge is 2.14. The van der Waals surface area contributed by atoms with Crippen molar-refractivity contribution in [2.24, 2.45) is 0 Å². The molecule has 1 aromatic rings. The van der Waals surface area contributed by atoms with Gasteiger partial charge in [0.1, 0.15) is 0 Å². The Balaban J connectivity index is 2.31. The first kappa shape index (κ1) is 7.02. The van der Waals surface area contributed by atoms with Crippen LogP contribution < -0.4 is 10.6 Å². The number of carbonyl (C=O) groups is 1. The molecule has 0 radical (unpaired) electrons. The molecule has 0 bridgehead atoms. The summed E-state index contributed by atoms with van der Waals surface area (Å²) in [5.41, 5.74) is 1.86. The average molecular weight is 167 g/mol. The molecule has 2 heterocycles. The smallest absolute Gasteiger partial charge is 0.417 e. The Morgan fingerprint density at radius 2 is 2.08 bits per heavy atom. The minimum Gasteiger partial charge on any atom is -0.452 e. The first-order chi connectivity index (χ1) is 5.81. The van der Waals surface area contributed by atoms with Gasteiger partial charge < -0.3 is 15.4 Å². The molecular weight excluding hydrogens is 158 g/mol. The molecule has 0 spiro atoms. The molecule has 0 unspecified atom stereocenters. The Kier molecular flexibility index (Phi) is 1.43. The van der Waals surface area contributed by atoms with Gasteiger partial charge in [-0.3, -0.25) is 4.57 Å². The summed E-state index contributed by atoms with van der Waals surface area (Å²) >= 11 is 0. The first-order valence-electron chi connectivity index (χ1n) is 3.59. The quantitative estimate of drug-likeness (QED) is 0.602. The molecule has 0 amide bonds. The maximum Gasteiger partial charge on any atom is 0.417 e. The molecule has 0 aliphatic carbocycles. The molecule has 0 aromatic carbocycles. The van der Waals surface area contributed by atoms with Crippen LogP contribution in [0.4, 0.5) is 16.2 Å². The van der Waals surface area contributed by atoms with Crippen molar-refractivity contribution < 1.29 is 9.53 Å². The molecular formula is C7H9N3O2. The van der Waals surface area contributed by atoms with E-state index in [1.54, 1.807) is 12.4 Å². The fourth-order valence-corrected chi connectivity index (χ4v) is 1.18. The fourth-order valence-electron chi connectivity index (χ4n) is 1.18. The van der Waals surface area contributed by atoms with Gasteiger partial charge in [0.2, 0.25) is 0 Å². The van der Waals surface area contributed by atoms with Crippen molar-refractivity contribution in [2.45, 2.75) is 0 Å². The molecule has 0 fully saturated rings. The zero-order chi connectivity index (χ0) is 8.55. The molecule has 5 heteroatoms. The number of aromatic nitrogens is 1. The lowest BCUT2D eigenvalue weighted by atomic mass is 10.5. The molecule has 1 aliphatic rings. The Hall–Kier alpha value is -1.65. The highest BCUT2D eigenvalue weighted by Crippen LogP contribution is 2.26. The van der Waals surface area contributed by atoms with E-state index in [2.05, 4.69) is 15.4 Å². The maximum atomic E-state index is 11.0. The summed E-state index contributed by atoms with van der Waals surface area (Å²) in [6.45, 7) is 0.715. The molecule has 2 N–H and O–H groups in total. The number of hydrogen-bond donors (Lipinski definition) is 2. The van der Waals surface area contributed by atoms with Crippen molar-refractivity contribution in [3.8, 4) is 0 Å². The number of ether oxygens (including phenoxy) is 1. The molecule has 5 nitrogen and oxygen atoms in total. The van der Waals surface area contributed by atoms with Crippen LogP contribution in [0.15, 0.2) is 12.4 Å². The number of anilines is 2. The summed E-state index contributed by atoms with van der Waals surface area (Å²) in [4.78, 5) is 11.0. The number of hydrogen-bond acceptors (Lipinski definition) is 4. The normalized spacial score (nSPS) is 13.1. The van der Waals surface area contributed by atoms with E-state index in [-0.39, 0.29) is 6.09 Å². The third-order valence-corrected chi connectivity index (χ3v) is 1.77. The number of nitrogens with zero attached hydrogens (tertiary/aromatic N) is 1. The van der Waals surface area contributed by atoms with Crippen molar-refractivity contribution in [1.82, 2.24) is 4.57 Å². The van der Waals surface area contributed by atoms with Crippen LogP contribution in [-0.4, -0.2) is 24.4 Å². The summed E-state index contributed by atoms with van der Waals surface area (Å²) < 4.78 is 5.93. The topological polar surface area (TPSA) is 55.3 Å². The minimum absolute atomic E-state index is 0.381. The fraction of sp³-hybridized carbons (Fsp3) is 0.286. The third-order valence-electron chi connectivity index (χ3n) is 1.77. The summed E-state index contributed by atoms with van der Waals surface area (Å²) in [5, 5.41) is 6.12. The first-order valence-corrected chi connectivity index (χ1v) is 3.59. The van der Waals surface area contributed by atoms with E-state index in [1.807, 2.05) is 0 Å². The highest BCUT2D eigenvalue weighted by atomic mass is 16.5. The van der Waals surface area contributed by atoms with Crippen LogP contribution in [0.3, 0.4) is 0 Å². The molecule has 0 atom stereocenters. The van der Waals surface area contributed by atoms with Crippen molar-refractivity contribution in [1.29, 1.82) is 0 Å². The second-order valence-electron chi connectivity index (χ2n) is 2.49. The minimum atomic E-state index is -0.381. The van der Waals surface area contributed by atoms with E-state index in [0.717, 1.165) is 11.4 Å². The van der Waals surface area contributed by atoms with Crippen LogP contribution in [0, 0.1) is 0 Å². The van der Waals surface area contributed by atoms with E-state index in [9.17, 15) is 4.79 Å². The van der Waals surface area contributed by atoms with Crippen LogP contribution in [0.25, 0.3) is 0 Å². The van der Waals surface area contributed by atoms with E-state index in [4.69, 9.17) is 0 Å². The third kappa shape index (κ3) is 0.903. The van der Waals surface area contributed by atoms with E-state index < -0.39 is 0 Å². The summed E-state index contributed by atoms with van der Waals surface area (Å²) in [6.07, 6.45) is 3.01. The number of methoxy groups -OCH3 is 1. The van der Waals surface area contributed by atoms with Crippen LogP contribution >= 0.6 is 0 Å². The van der Waals surface area contributed by atoms with Gasteiger partial charge in [-0.05, 0) is 0 Å². The summed E-state index contributed by atoms with van der Waals surface area (Å²) in [5.74, 6) is 0. The predicted molar refractivity (Wildman–Crippen MR) is 44.3 cm³/mol. The maximum absolute atomic E-state index is 11.0. The van der Waals surface area contributed by atoms with Gasteiger partial charge in [0, 0.05) is 12.4 Å².